The molecule has 1 unspecified atom stereocenters. The van der Waals surface area contributed by atoms with Crippen LogP contribution in [0.3, 0.4) is 0 Å². The molecule has 2 nitrogen and oxygen atoms in total. The molecular weight excluding hydrogens is 256 g/mol. The highest BCUT2D eigenvalue weighted by molar-refractivity contribution is 5.25. The van der Waals surface area contributed by atoms with Crippen molar-refractivity contribution in [1.29, 1.82) is 0 Å². The average Bonchev–Trinajstić information content (AvgIpc) is 2.44. The van der Waals surface area contributed by atoms with Crippen LogP contribution in [0, 0.1) is 0 Å². The van der Waals surface area contributed by atoms with Crippen molar-refractivity contribution in [3.63, 3.8) is 0 Å². The fourth-order valence-electron chi connectivity index (χ4n) is 2.40. The summed E-state index contributed by atoms with van der Waals surface area (Å²) >= 11 is 0. The van der Waals surface area contributed by atoms with Crippen LogP contribution in [0.5, 0.6) is 0 Å². The van der Waals surface area contributed by atoms with E-state index in [0.717, 1.165) is 26.2 Å². The molecule has 1 rings (SSSR count). The molecule has 0 saturated heterocycles. The first-order chi connectivity index (χ1) is 9.92. The molecule has 2 heteroatoms. The molecule has 0 saturated carbocycles. The molecule has 0 fully saturated rings. The molecule has 0 aliphatic rings. The molecule has 118 valence electrons. The van der Waals surface area contributed by atoms with Crippen LogP contribution in [-0.4, -0.2) is 30.6 Å². The predicted molar refractivity (Wildman–Crippen MR) is 93.8 cm³/mol. The van der Waals surface area contributed by atoms with Gasteiger partial charge in [0, 0.05) is 25.7 Å². The molecule has 1 atom stereocenters. The lowest BCUT2D eigenvalue weighted by Gasteiger charge is -2.21. The summed E-state index contributed by atoms with van der Waals surface area (Å²) in [6.45, 7) is 19.0. The van der Waals surface area contributed by atoms with Gasteiger partial charge in [-0.1, -0.05) is 64.1 Å². The zero-order chi connectivity index (χ0) is 15.8. The number of hydrogen-bond donors (Lipinski definition) is 1. The van der Waals surface area contributed by atoms with Crippen molar-refractivity contribution < 1.29 is 0 Å². The van der Waals surface area contributed by atoms with Crippen LogP contribution < -0.4 is 5.32 Å². The molecule has 1 N–H and O–H groups in total. The first-order valence-corrected chi connectivity index (χ1v) is 8.11. The predicted octanol–water partition coefficient (Wildman–Crippen LogP) is 4.19. The highest BCUT2D eigenvalue weighted by Crippen LogP contribution is 2.16. The molecule has 1 aromatic carbocycles. The molecule has 0 spiro atoms. The van der Waals surface area contributed by atoms with Gasteiger partial charge in [-0.3, -0.25) is 4.90 Å². The van der Waals surface area contributed by atoms with Crippen molar-refractivity contribution in [2.75, 3.05) is 19.6 Å². The molecule has 0 aliphatic carbocycles. The topological polar surface area (TPSA) is 15.3 Å². The normalized spacial score (nSPS) is 12.9. The van der Waals surface area contributed by atoms with Crippen molar-refractivity contribution in [2.24, 2.45) is 0 Å². The Balaban J connectivity index is 2.58. The molecule has 0 heterocycles. The Bertz CT molecular complexity index is 420. The third kappa shape index (κ3) is 6.92. The Morgan fingerprint density at radius 3 is 2.29 bits per heavy atom. The molecule has 1 aromatic rings. The second kappa shape index (κ2) is 9.01. The number of likely N-dealkylation sites (N-methyl/N-ethyl adjacent to an activating group) is 1. The third-order valence-electron chi connectivity index (χ3n) is 3.73. The lowest BCUT2D eigenvalue weighted by molar-refractivity contribution is 0.304. The van der Waals surface area contributed by atoms with Gasteiger partial charge in [-0.05, 0) is 30.5 Å². The minimum atomic E-state index is 0.548. The fraction of sp³-hybridized carbons (Fsp3) is 0.579. The van der Waals surface area contributed by atoms with Gasteiger partial charge in [0.25, 0.3) is 0 Å². The monoisotopic (exact) mass is 288 g/mol. The average molecular weight is 288 g/mol. The standard InChI is InChI=1S/C19H32N2/c1-7-21(13-15(2)3)14-18-8-10-19(11-9-18)17(6)12-20-16(4)5/h8-11,16-17,20H,2,7,12-14H2,1,3-6H3. The summed E-state index contributed by atoms with van der Waals surface area (Å²) in [6.07, 6.45) is 0. The Morgan fingerprint density at radius 1 is 1.19 bits per heavy atom. The van der Waals surface area contributed by atoms with Crippen LogP contribution in [0.1, 0.15) is 51.7 Å². The van der Waals surface area contributed by atoms with Gasteiger partial charge in [-0.2, -0.15) is 0 Å². The van der Waals surface area contributed by atoms with Crippen LogP contribution in [0.15, 0.2) is 36.4 Å². The largest absolute Gasteiger partial charge is 0.314 e. The summed E-state index contributed by atoms with van der Waals surface area (Å²) in [5, 5.41) is 3.50. The second-order valence-electron chi connectivity index (χ2n) is 6.47. The maximum Gasteiger partial charge on any atom is 0.0237 e. The van der Waals surface area contributed by atoms with Gasteiger partial charge in [-0.15, -0.1) is 0 Å². The van der Waals surface area contributed by atoms with Crippen molar-refractivity contribution in [3.05, 3.63) is 47.5 Å². The molecule has 0 amide bonds. The maximum atomic E-state index is 4.01. The lowest BCUT2D eigenvalue weighted by atomic mass is 9.99. The SMILES string of the molecule is C=C(C)CN(CC)Cc1ccc(C(C)CNC(C)C)cc1. The van der Waals surface area contributed by atoms with Gasteiger partial charge < -0.3 is 5.32 Å². The number of nitrogens with zero attached hydrogens (tertiary/aromatic N) is 1. The Hall–Kier alpha value is -1.12. The number of hydrogen-bond acceptors (Lipinski definition) is 2. The summed E-state index contributed by atoms with van der Waals surface area (Å²) < 4.78 is 0. The van der Waals surface area contributed by atoms with Gasteiger partial charge in [0.15, 0.2) is 0 Å². The van der Waals surface area contributed by atoms with Gasteiger partial charge in [0.2, 0.25) is 0 Å². The molecular formula is C19H32N2. The van der Waals surface area contributed by atoms with Crippen LogP contribution in [0.2, 0.25) is 0 Å². The summed E-state index contributed by atoms with van der Waals surface area (Å²) in [6, 6.07) is 9.63. The zero-order valence-electron chi connectivity index (χ0n) is 14.4. The summed E-state index contributed by atoms with van der Waals surface area (Å²) in [5.41, 5.74) is 4.02. The Labute approximate surface area is 131 Å². The van der Waals surface area contributed by atoms with Crippen LogP contribution in [0.4, 0.5) is 0 Å². The molecule has 0 radical (unpaired) electrons. The van der Waals surface area contributed by atoms with Gasteiger partial charge >= 0.3 is 0 Å². The van der Waals surface area contributed by atoms with Crippen LogP contribution >= 0.6 is 0 Å². The summed E-state index contributed by atoms with van der Waals surface area (Å²) in [7, 11) is 0. The van der Waals surface area contributed by atoms with E-state index < -0.39 is 0 Å². The van der Waals surface area contributed by atoms with Crippen LogP contribution in [-0.2, 0) is 6.54 Å². The van der Waals surface area contributed by atoms with Crippen LogP contribution in [0.25, 0.3) is 0 Å². The first-order valence-electron chi connectivity index (χ1n) is 8.11. The van der Waals surface area contributed by atoms with Gasteiger partial charge in [0.1, 0.15) is 0 Å². The maximum absolute atomic E-state index is 4.01. The van der Waals surface area contributed by atoms with E-state index in [2.05, 4.69) is 75.7 Å². The Morgan fingerprint density at radius 2 is 1.81 bits per heavy atom. The van der Waals surface area contributed by atoms with Crippen molar-refractivity contribution in [2.45, 2.75) is 53.1 Å². The van der Waals surface area contributed by atoms with Gasteiger partial charge in [0.05, 0.1) is 0 Å². The summed E-state index contributed by atoms with van der Waals surface area (Å²) in [5.74, 6) is 0.555. The minimum Gasteiger partial charge on any atom is -0.314 e. The lowest BCUT2D eigenvalue weighted by Crippen LogP contribution is -2.27. The number of benzene rings is 1. The number of rotatable bonds is 9. The Kier molecular flexibility index (Phi) is 7.69. The van der Waals surface area contributed by atoms with E-state index in [4.69, 9.17) is 0 Å². The van der Waals surface area contributed by atoms with Crippen molar-refractivity contribution in [3.8, 4) is 0 Å². The number of nitrogens with one attached hydrogen (secondary N) is 1. The highest BCUT2D eigenvalue weighted by Gasteiger charge is 2.07. The van der Waals surface area contributed by atoms with Gasteiger partial charge in [-0.25, -0.2) is 0 Å². The van der Waals surface area contributed by atoms with E-state index in [-0.39, 0.29) is 0 Å². The molecule has 0 bridgehead atoms. The first kappa shape index (κ1) is 17.9. The van der Waals surface area contributed by atoms with E-state index in [1.54, 1.807) is 0 Å². The van der Waals surface area contributed by atoms with Crippen molar-refractivity contribution >= 4 is 0 Å². The van der Waals surface area contributed by atoms with E-state index in [1.807, 2.05) is 0 Å². The molecule has 0 aromatic heterocycles. The quantitative estimate of drug-likeness (QED) is 0.686. The minimum absolute atomic E-state index is 0.548. The fourth-order valence-corrected chi connectivity index (χ4v) is 2.40. The third-order valence-corrected chi connectivity index (χ3v) is 3.73. The second-order valence-corrected chi connectivity index (χ2v) is 6.47. The van der Waals surface area contributed by atoms with E-state index in [0.29, 0.717) is 12.0 Å². The van der Waals surface area contributed by atoms with E-state index in [1.165, 1.54) is 16.7 Å². The smallest absolute Gasteiger partial charge is 0.0237 e. The van der Waals surface area contributed by atoms with Crippen molar-refractivity contribution in [1.82, 2.24) is 10.2 Å². The molecule has 21 heavy (non-hydrogen) atoms. The zero-order valence-corrected chi connectivity index (χ0v) is 14.4. The molecule has 0 aliphatic heterocycles. The van der Waals surface area contributed by atoms with E-state index >= 15 is 0 Å². The summed E-state index contributed by atoms with van der Waals surface area (Å²) in [4.78, 5) is 2.42. The van der Waals surface area contributed by atoms with E-state index in [9.17, 15) is 0 Å². The highest BCUT2D eigenvalue weighted by atomic mass is 15.1.